The molecule has 1 heterocycles. The Balaban J connectivity index is 2.00. The van der Waals surface area contributed by atoms with Gasteiger partial charge in [0.25, 0.3) is 0 Å². The number of hydrogen-bond donors (Lipinski definition) is 2. The van der Waals surface area contributed by atoms with Crippen LogP contribution in [0.3, 0.4) is 0 Å². The number of nitrogens with two attached hydrogens (primary N) is 1. The molecule has 0 bridgehead atoms. The summed E-state index contributed by atoms with van der Waals surface area (Å²) >= 11 is 5.79. The molecule has 21 heavy (non-hydrogen) atoms. The van der Waals surface area contributed by atoms with Crippen LogP contribution in [0.15, 0.2) is 47.6 Å². The molecule has 0 amide bonds. The second-order valence-corrected chi connectivity index (χ2v) is 5.51. The molecule has 4 nitrogen and oxygen atoms in total. The third kappa shape index (κ3) is 4.76. The van der Waals surface area contributed by atoms with E-state index in [9.17, 15) is 0 Å². The third-order valence-electron chi connectivity index (χ3n) is 3.03. The highest BCUT2D eigenvalue weighted by Crippen LogP contribution is 2.18. The molecule has 0 unspecified atom stereocenters. The molecule has 0 aliphatic carbocycles. The molecule has 0 aliphatic heterocycles. The molecule has 3 N–H and O–H groups in total. The molecule has 0 aliphatic rings. The molecule has 0 atom stereocenters. The second kappa shape index (κ2) is 7.09. The van der Waals surface area contributed by atoms with Gasteiger partial charge >= 0.3 is 0 Å². The van der Waals surface area contributed by atoms with Gasteiger partial charge < -0.3 is 11.1 Å². The highest BCUT2D eigenvalue weighted by molar-refractivity contribution is 6.30. The number of nitrogens with one attached hydrogen (secondary N) is 1. The quantitative estimate of drug-likeness (QED) is 0.667. The Kier molecular flexibility index (Phi) is 5.17. The Morgan fingerprint density at radius 3 is 2.81 bits per heavy atom. The van der Waals surface area contributed by atoms with Gasteiger partial charge in [0.2, 0.25) is 0 Å². The van der Waals surface area contributed by atoms with Gasteiger partial charge in [0, 0.05) is 11.9 Å². The predicted molar refractivity (Wildman–Crippen MR) is 88.7 cm³/mol. The summed E-state index contributed by atoms with van der Waals surface area (Å²) in [5.41, 5.74) is 8.91. The molecular formula is C16H19ClN4. The van der Waals surface area contributed by atoms with Crippen molar-refractivity contribution in [2.45, 2.75) is 26.3 Å². The van der Waals surface area contributed by atoms with Crippen LogP contribution in [0.1, 0.15) is 31.0 Å². The van der Waals surface area contributed by atoms with Crippen LogP contribution in [0.5, 0.6) is 0 Å². The zero-order valence-corrected chi connectivity index (χ0v) is 12.9. The number of nitrogens with zero attached hydrogens (tertiary/aromatic N) is 2. The Labute approximate surface area is 130 Å². The third-order valence-corrected chi connectivity index (χ3v) is 3.25. The fraction of sp³-hybridized carbons (Fsp3) is 0.250. The SMILES string of the molecule is CC(C)c1cccc(NC(N)=NCc2ccc(Cl)cn2)c1. The molecule has 0 radical (unpaired) electrons. The van der Waals surface area contributed by atoms with E-state index < -0.39 is 0 Å². The van der Waals surface area contributed by atoms with E-state index in [-0.39, 0.29) is 0 Å². The molecule has 1 aromatic carbocycles. The van der Waals surface area contributed by atoms with Crippen molar-refractivity contribution >= 4 is 23.2 Å². The van der Waals surface area contributed by atoms with Crippen LogP contribution in [0, 0.1) is 0 Å². The zero-order chi connectivity index (χ0) is 15.2. The lowest BCUT2D eigenvalue weighted by Gasteiger charge is -2.09. The van der Waals surface area contributed by atoms with Crippen LogP contribution in [-0.2, 0) is 6.54 Å². The summed E-state index contributed by atoms with van der Waals surface area (Å²) in [5, 5.41) is 3.70. The van der Waals surface area contributed by atoms with Crippen LogP contribution in [0.2, 0.25) is 5.02 Å². The summed E-state index contributed by atoms with van der Waals surface area (Å²) in [6.45, 7) is 4.73. The lowest BCUT2D eigenvalue weighted by Crippen LogP contribution is -2.22. The lowest BCUT2D eigenvalue weighted by molar-refractivity contribution is 0.867. The highest BCUT2D eigenvalue weighted by atomic mass is 35.5. The van der Waals surface area contributed by atoms with E-state index in [1.54, 1.807) is 12.3 Å². The normalized spacial score (nSPS) is 11.7. The van der Waals surface area contributed by atoms with E-state index in [2.05, 4.69) is 41.3 Å². The van der Waals surface area contributed by atoms with Crippen molar-refractivity contribution in [3.63, 3.8) is 0 Å². The molecule has 0 spiro atoms. The van der Waals surface area contributed by atoms with Crippen molar-refractivity contribution in [1.29, 1.82) is 0 Å². The molecule has 0 fully saturated rings. The molecule has 2 aromatic rings. The molecule has 110 valence electrons. The lowest BCUT2D eigenvalue weighted by atomic mass is 10.0. The summed E-state index contributed by atoms with van der Waals surface area (Å²) in [6.07, 6.45) is 1.60. The first kappa shape index (κ1) is 15.3. The minimum absolute atomic E-state index is 0.368. The summed E-state index contributed by atoms with van der Waals surface area (Å²) in [5.74, 6) is 0.843. The summed E-state index contributed by atoms with van der Waals surface area (Å²) in [6, 6.07) is 11.8. The number of aromatic nitrogens is 1. The van der Waals surface area contributed by atoms with Gasteiger partial charge in [0.1, 0.15) is 0 Å². The smallest absolute Gasteiger partial charge is 0.193 e. The van der Waals surface area contributed by atoms with Crippen molar-refractivity contribution in [1.82, 2.24) is 4.98 Å². The van der Waals surface area contributed by atoms with E-state index in [0.29, 0.717) is 23.4 Å². The fourth-order valence-electron chi connectivity index (χ4n) is 1.83. The minimum atomic E-state index is 0.368. The zero-order valence-electron chi connectivity index (χ0n) is 12.2. The van der Waals surface area contributed by atoms with Crippen LogP contribution in [0.25, 0.3) is 0 Å². The van der Waals surface area contributed by atoms with Gasteiger partial charge in [0.15, 0.2) is 5.96 Å². The maximum atomic E-state index is 5.89. The molecule has 0 saturated heterocycles. The number of pyridine rings is 1. The van der Waals surface area contributed by atoms with Crippen LogP contribution >= 0.6 is 11.6 Å². The number of benzene rings is 1. The molecule has 1 aromatic heterocycles. The van der Waals surface area contributed by atoms with Crippen LogP contribution in [-0.4, -0.2) is 10.9 Å². The largest absolute Gasteiger partial charge is 0.370 e. The van der Waals surface area contributed by atoms with Crippen molar-refractivity contribution in [2.75, 3.05) is 5.32 Å². The number of guanidine groups is 1. The molecule has 0 saturated carbocycles. The first-order valence-corrected chi connectivity index (χ1v) is 7.19. The van der Waals surface area contributed by atoms with Gasteiger partial charge in [-0.2, -0.15) is 0 Å². The van der Waals surface area contributed by atoms with Gasteiger partial charge in [0.05, 0.1) is 17.3 Å². The summed E-state index contributed by atoms with van der Waals surface area (Å²) in [4.78, 5) is 8.44. The van der Waals surface area contributed by atoms with Crippen LogP contribution < -0.4 is 11.1 Å². The molecule has 5 heteroatoms. The number of anilines is 1. The number of rotatable bonds is 4. The monoisotopic (exact) mass is 302 g/mol. The van der Waals surface area contributed by atoms with Gasteiger partial charge in [-0.05, 0) is 35.7 Å². The topological polar surface area (TPSA) is 63.3 Å². The van der Waals surface area contributed by atoms with Crippen molar-refractivity contribution < 1.29 is 0 Å². The second-order valence-electron chi connectivity index (χ2n) is 5.07. The van der Waals surface area contributed by atoms with Crippen molar-refractivity contribution in [3.8, 4) is 0 Å². The van der Waals surface area contributed by atoms with E-state index >= 15 is 0 Å². The standard InChI is InChI=1S/C16H19ClN4/c1-11(2)12-4-3-5-14(8-12)21-16(18)20-10-15-7-6-13(17)9-19-15/h3-9,11H,10H2,1-2H3,(H3,18,20,21). The fourth-order valence-corrected chi connectivity index (χ4v) is 1.94. The number of aliphatic imine (C=N–C) groups is 1. The first-order chi connectivity index (χ1) is 10.0. The average molecular weight is 303 g/mol. The van der Waals surface area contributed by atoms with Gasteiger partial charge in [-0.1, -0.05) is 37.6 Å². The Morgan fingerprint density at radius 2 is 2.14 bits per heavy atom. The molecule has 2 rings (SSSR count). The van der Waals surface area contributed by atoms with Crippen molar-refractivity contribution in [3.05, 3.63) is 58.9 Å². The average Bonchev–Trinajstić information content (AvgIpc) is 2.47. The number of hydrogen-bond acceptors (Lipinski definition) is 2. The van der Waals surface area contributed by atoms with Crippen LogP contribution in [0.4, 0.5) is 5.69 Å². The Hall–Kier alpha value is -2.07. The maximum Gasteiger partial charge on any atom is 0.193 e. The van der Waals surface area contributed by atoms with Gasteiger partial charge in [-0.25, -0.2) is 4.99 Å². The van der Waals surface area contributed by atoms with Crippen molar-refractivity contribution in [2.24, 2.45) is 10.7 Å². The highest BCUT2D eigenvalue weighted by Gasteiger charge is 2.01. The maximum absolute atomic E-state index is 5.89. The van der Waals surface area contributed by atoms with E-state index in [1.165, 1.54) is 5.56 Å². The Morgan fingerprint density at radius 1 is 1.33 bits per heavy atom. The van der Waals surface area contributed by atoms with Gasteiger partial charge in [-0.15, -0.1) is 0 Å². The van der Waals surface area contributed by atoms with E-state index in [0.717, 1.165) is 11.4 Å². The first-order valence-electron chi connectivity index (χ1n) is 6.82. The predicted octanol–water partition coefficient (Wildman–Crippen LogP) is 3.79. The Bertz CT molecular complexity index is 620. The number of halogens is 1. The molecular weight excluding hydrogens is 284 g/mol. The summed E-state index contributed by atoms with van der Waals surface area (Å²) < 4.78 is 0. The summed E-state index contributed by atoms with van der Waals surface area (Å²) in [7, 11) is 0. The van der Waals surface area contributed by atoms with E-state index in [4.69, 9.17) is 17.3 Å². The van der Waals surface area contributed by atoms with E-state index in [1.807, 2.05) is 18.2 Å². The van der Waals surface area contributed by atoms with Gasteiger partial charge in [-0.3, -0.25) is 4.98 Å². The minimum Gasteiger partial charge on any atom is -0.370 e.